The molecule has 0 aliphatic carbocycles. The first-order chi connectivity index (χ1) is 9.43. The number of non-ortho nitro benzene ring substituents is 1. The molecule has 2 aromatic rings. The van der Waals surface area contributed by atoms with E-state index in [9.17, 15) is 14.9 Å². The lowest BCUT2D eigenvalue weighted by Crippen LogP contribution is -2.03. The molecule has 0 fully saturated rings. The summed E-state index contributed by atoms with van der Waals surface area (Å²) >= 11 is 3.19. The molecule has 2 rings (SSSR count). The summed E-state index contributed by atoms with van der Waals surface area (Å²) < 4.78 is 10.1. The number of aryl methyl sites for hydroxylation is 1. The van der Waals surface area contributed by atoms with Gasteiger partial charge in [-0.15, -0.1) is 0 Å². The predicted molar refractivity (Wildman–Crippen MR) is 72.4 cm³/mol. The van der Waals surface area contributed by atoms with Crippen molar-refractivity contribution in [2.75, 3.05) is 7.11 Å². The van der Waals surface area contributed by atoms with Crippen molar-refractivity contribution in [3.05, 3.63) is 44.1 Å². The number of halogens is 1. The van der Waals surface area contributed by atoms with Gasteiger partial charge < -0.3 is 9.26 Å². The van der Waals surface area contributed by atoms with Crippen LogP contribution in [0.25, 0.3) is 11.3 Å². The number of rotatable bonds is 3. The summed E-state index contributed by atoms with van der Waals surface area (Å²) in [5, 5.41) is 14.6. The molecule has 104 valence electrons. The van der Waals surface area contributed by atoms with Gasteiger partial charge in [-0.05, 0) is 13.0 Å². The monoisotopic (exact) mass is 340 g/mol. The molecule has 0 saturated heterocycles. The number of hydrogen-bond acceptors (Lipinski definition) is 6. The third-order valence-electron chi connectivity index (χ3n) is 2.62. The first-order valence-electron chi connectivity index (χ1n) is 5.44. The topological polar surface area (TPSA) is 95.5 Å². The smallest absolute Gasteiger partial charge is 0.343 e. The Morgan fingerprint density at radius 2 is 2.15 bits per heavy atom. The molecule has 7 nitrogen and oxygen atoms in total. The highest BCUT2D eigenvalue weighted by Gasteiger charge is 2.23. The molecule has 20 heavy (non-hydrogen) atoms. The summed E-state index contributed by atoms with van der Waals surface area (Å²) in [5.74, 6) is -0.323. The van der Waals surface area contributed by atoms with Gasteiger partial charge in [0.15, 0.2) is 0 Å². The zero-order chi connectivity index (χ0) is 14.9. The molecule has 1 heterocycles. The number of nitrogens with zero attached hydrogens (tertiary/aromatic N) is 2. The van der Waals surface area contributed by atoms with E-state index in [0.29, 0.717) is 10.0 Å². The van der Waals surface area contributed by atoms with E-state index in [2.05, 4.69) is 25.8 Å². The molecule has 0 aliphatic heterocycles. The highest BCUT2D eigenvalue weighted by molar-refractivity contribution is 9.10. The second-order valence-electron chi connectivity index (χ2n) is 3.91. The largest absolute Gasteiger partial charge is 0.465 e. The maximum absolute atomic E-state index is 11.7. The van der Waals surface area contributed by atoms with E-state index >= 15 is 0 Å². The number of esters is 1. The van der Waals surface area contributed by atoms with Crippen LogP contribution in [0.2, 0.25) is 0 Å². The Balaban J connectivity index is 2.63. The number of carbonyl (C=O) groups is 1. The summed E-state index contributed by atoms with van der Waals surface area (Å²) in [6, 6.07) is 4.28. The zero-order valence-corrected chi connectivity index (χ0v) is 12.1. The molecular formula is C12H9BrN2O5. The quantitative estimate of drug-likeness (QED) is 0.484. The van der Waals surface area contributed by atoms with Crippen LogP contribution in [0.5, 0.6) is 0 Å². The molecule has 1 aromatic carbocycles. The first kappa shape index (κ1) is 14.2. The average molecular weight is 341 g/mol. The lowest BCUT2D eigenvalue weighted by molar-refractivity contribution is -0.384. The van der Waals surface area contributed by atoms with E-state index in [1.807, 2.05) is 0 Å². The highest BCUT2D eigenvalue weighted by Crippen LogP contribution is 2.31. The fraction of sp³-hybridized carbons (Fsp3) is 0.167. The zero-order valence-electron chi connectivity index (χ0n) is 10.5. The first-order valence-corrected chi connectivity index (χ1v) is 6.23. The van der Waals surface area contributed by atoms with Crippen molar-refractivity contribution in [3.8, 4) is 11.3 Å². The SMILES string of the molecule is COC(=O)c1c(-c2cc(Br)cc([N+](=O)[O-])c2)noc1C. The Morgan fingerprint density at radius 1 is 1.45 bits per heavy atom. The lowest BCUT2D eigenvalue weighted by atomic mass is 10.1. The molecule has 0 amide bonds. The van der Waals surface area contributed by atoms with Crippen molar-refractivity contribution < 1.29 is 19.0 Å². The second kappa shape index (κ2) is 5.41. The van der Waals surface area contributed by atoms with Gasteiger partial charge in [-0.25, -0.2) is 4.79 Å². The van der Waals surface area contributed by atoms with Gasteiger partial charge in [-0.3, -0.25) is 10.1 Å². The second-order valence-corrected chi connectivity index (χ2v) is 4.82. The van der Waals surface area contributed by atoms with Crippen molar-refractivity contribution in [1.82, 2.24) is 5.16 Å². The Bertz CT molecular complexity index is 695. The third-order valence-corrected chi connectivity index (χ3v) is 3.08. The Kier molecular flexibility index (Phi) is 3.84. The minimum Gasteiger partial charge on any atom is -0.465 e. The summed E-state index contributed by atoms with van der Waals surface area (Å²) in [7, 11) is 1.24. The molecule has 0 radical (unpaired) electrons. The van der Waals surface area contributed by atoms with Crippen LogP contribution in [0.1, 0.15) is 16.1 Å². The minimum atomic E-state index is -0.610. The van der Waals surface area contributed by atoms with Gasteiger partial charge >= 0.3 is 5.97 Å². The normalized spacial score (nSPS) is 10.3. The lowest BCUT2D eigenvalue weighted by Gasteiger charge is -2.02. The average Bonchev–Trinajstić information content (AvgIpc) is 2.79. The predicted octanol–water partition coefficient (Wildman–Crippen LogP) is 3.11. The molecular weight excluding hydrogens is 332 g/mol. The van der Waals surface area contributed by atoms with Gasteiger partial charge in [-0.2, -0.15) is 0 Å². The highest BCUT2D eigenvalue weighted by atomic mass is 79.9. The Morgan fingerprint density at radius 3 is 2.75 bits per heavy atom. The summed E-state index contributed by atoms with van der Waals surface area (Å²) in [6.07, 6.45) is 0. The van der Waals surface area contributed by atoms with Crippen molar-refractivity contribution in [3.63, 3.8) is 0 Å². The molecule has 8 heteroatoms. The summed E-state index contributed by atoms with van der Waals surface area (Å²) in [6.45, 7) is 1.56. The fourth-order valence-electron chi connectivity index (χ4n) is 1.73. The fourth-order valence-corrected chi connectivity index (χ4v) is 2.21. The van der Waals surface area contributed by atoms with Gasteiger partial charge in [0.05, 0.1) is 12.0 Å². The van der Waals surface area contributed by atoms with Crippen LogP contribution in [0, 0.1) is 17.0 Å². The van der Waals surface area contributed by atoms with E-state index < -0.39 is 10.9 Å². The van der Waals surface area contributed by atoms with Crippen LogP contribution >= 0.6 is 15.9 Å². The van der Waals surface area contributed by atoms with E-state index in [1.165, 1.54) is 19.2 Å². The van der Waals surface area contributed by atoms with Gasteiger partial charge in [0, 0.05) is 22.2 Å². The van der Waals surface area contributed by atoms with E-state index in [-0.39, 0.29) is 22.7 Å². The van der Waals surface area contributed by atoms with Crippen molar-refractivity contribution in [1.29, 1.82) is 0 Å². The summed E-state index contributed by atoms with van der Waals surface area (Å²) in [5.41, 5.74) is 0.632. The Hall–Kier alpha value is -2.22. The number of aromatic nitrogens is 1. The standard InChI is InChI=1S/C12H9BrN2O5/c1-6-10(12(16)19-2)11(14-20-6)7-3-8(13)5-9(4-7)15(17)18/h3-5H,1-2H3. The molecule has 0 N–H and O–H groups in total. The molecule has 0 atom stereocenters. The van der Waals surface area contributed by atoms with Gasteiger partial charge in [0.25, 0.3) is 5.69 Å². The van der Waals surface area contributed by atoms with Crippen LogP contribution in [0.15, 0.2) is 27.2 Å². The van der Waals surface area contributed by atoms with Crippen LogP contribution in [0.3, 0.4) is 0 Å². The molecule has 1 aromatic heterocycles. The number of carbonyl (C=O) groups excluding carboxylic acids is 1. The van der Waals surface area contributed by atoms with Gasteiger partial charge in [0.2, 0.25) is 0 Å². The van der Waals surface area contributed by atoms with Crippen LogP contribution in [-0.4, -0.2) is 23.2 Å². The molecule has 0 spiro atoms. The minimum absolute atomic E-state index is 0.120. The number of methoxy groups -OCH3 is 1. The number of benzene rings is 1. The number of nitro groups is 1. The number of nitro benzene ring substituents is 1. The maximum Gasteiger partial charge on any atom is 0.343 e. The molecule has 0 saturated carbocycles. The molecule has 0 aliphatic rings. The number of ether oxygens (including phenoxy) is 1. The number of hydrogen-bond donors (Lipinski definition) is 0. The van der Waals surface area contributed by atoms with Crippen molar-refractivity contribution in [2.24, 2.45) is 0 Å². The van der Waals surface area contributed by atoms with Crippen molar-refractivity contribution in [2.45, 2.75) is 6.92 Å². The third kappa shape index (κ3) is 2.55. The van der Waals surface area contributed by atoms with Gasteiger partial charge in [-0.1, -0.05) is 21.1 Å². The van der Waals surface area contributed by atoms with Crippen LogP contribution in [0.4, 0.5) is 5.69 Å². The van der Waals surface area contributed by atoms with E-state index in [1.54, 1.807) is 13.0 Å². The Labute approximate surface area is 121 Å². The van der Waals surface area contributed by atoms with E-state index in [4.69, 9.17) is 4.52 Å². The van der Waals surface area contributed by atoms with E-state index in [0.717, 1.165) is 0 Å². The molecule has 0 bridgehead atoms. The maximum atomic E-state index is 11.7. The van der Waals surface area contributed by atoms with Crippen molar-refractivity contribution >= 4 is 27.6 Å². The van der Waals surface area contributed by atoms with Crippen LogP contribution < -0.4 is 0 Å². The summed E-state index contributed by atoms with van der Waals surface area (Å²) in [4.78, 5) is 22.1. The van der Waals surface area contributed by atoms with Gasteiger partial charge in [0.1, 0.15) is 17.0 Å². The molecule has 0 unspecified atom stereocenters. The van der Waals surface area contributed by atoms with Crippen LogP contribution in [-0.2, 0) is 4.74 Å².